The molecular formula is C24H27FN4O3. The van der Waals surface area contributed by atoms with Gasteiger partial charge in [0.2, 0.25) is 17.6 Å². The van der Waals surface area contributed by atoms with Crippen LogP contribution in [0.4, 0.5) is 10.1 Å². The highest BCUT2D eigenvalue weighted by Gasteiger charge is 2.26. The number of benzene rings is 2. The molecule has 2 heterocycles. The van der Waals surface area contributed by atoms with Gasteiger partial charge in [-0.15, -0.1) is 0 Å². The van der Waals surface area contributed by atoms with E-state index in [9.17, 15) is 9.18 Å². The molecule has 0 bridgehead atoms. The molecule has 2 aromatic carbocycles. The second-order valence-electron chi connectivity index (χ2n) is 8.22. The summed E-state index contributed by atoms with van der Waals surface area (Å²) in [4.78, 5) is 19.4. The van der Waals surface area contributed by atoms with Crippen molar-refractivity contribution in [3.63, 3.8) is 0 Å². The minimum Gasteiger partial charge on any atom is -0.489 e. The van der Waals surface area contributed by atoms with Gasteiger partial charge < -0.3 is 14.6 Å². The fourth-order valence-corrected chi connectivity index (χ4v) is 3.74. The summed E-state index contributed by atoms with van der Waals surface area (Å²) in [7, 11) is 0. The molecular weight excluding hydrogens is 411 g/mol. The fourth-order valence-electron chi connectivity index (χ4n) is 3.74. The van der Waals surface area contributed by atoms with Crippen LogP contribution in [-0.2, 0) is 11.3 Å². The highest BCUT2D eigenvalue weighted by Crippen LogP contribution is 2.27. The molecule has 168 valence electrons. The maximum atomic E-state index is 13.1. The fraction of sp³-hybridized carbons (Fsp3) is 0.375. The monoisotopic (exact) mass is 438 g/mol. The number of amides is 1. The highest BCUT2D eigenvalue weighted by atomic mass is 19.1. The lowest BCUT2D eigenvalue weighted by Crippen LogP contribution is -2.37. The number of nitrogens with zero attached hydrogens (tertiary/aromatic N) is 3. The first kappa shape index (κ1) is 22.0. The second-order valence-corrected chi connectivity index (χ2v) is 8.22. The molecule has 1 aliphatic heterocycles. The van der Waals surface area contributed by atoms with E-state index in [2.05, 4.69) is 20.4 Å². The molecule has 0 saturated carbocycles. The van der Waals surface area contributed by atoms with E-state index >= 15 is 0 Å². The molecule has 1 N–H and O–H groups in total. The van der Waals surface area contributed by atoms with Crippen molar-refractivity contribution in [2.75, 3.05) is 18.4 Å². The van der Waals surface area contributed by atoms with Crippen LogP contribution in [0.15, 0.2) is 53.1 Å². The topological polar surface area (TPSA) is 80.5 Å². The minimum atomic E-state index is -0.305. The van der Waals surface area contributed by atoms with E-state index in [0.29, 0.717) is 35.3 Å². The molecule has 1 aliphatic rings. The summed E-state index contributed by atoms with van der Waals surface area (Å²) in [5.41, 5.74) is 1.41. The maximum Gasteiger partial charge on any atom is 0.241 e. The Morgan fingerprint density at radius 2 is 1.91 bits per heavy atom. The van der Waals surface area contributed by atoms with E-state index in [1.807, 2.05) is 38.1 Å². The van der Waals surface area contributed by atoms with Crippen LogP contribution in [0.1, 0.15) is 32.6 Å². The Balaban J connectivity index is 1.29. The van der Waals surface area contributed by atoms with Crippen LogP contribution >= 0.6 is 0 Å². The average molecular weight is 439 g/mol. The number of nitrogens with one attached hydrogen (secondary N) is 1. The number of piperidine rings is 1. The zero-order chi connectivity index (χ0) is 22.5. The van der Waals surface area contributed by atoms with E-state index in [4.69, 9.17) is 9.26 Å². The first-order chi connectivity index (χ1) is 15.5. The van der Waals surface area contributed by atoms with Gasteiger partial charge in [0, 0.05) is 11.5 Å². The number of hydrogen-bond acceptors (Lipinski definition) is 6. The molecule has 32 heavy (non-hydrogen) atoms. The van der Waals surface area contributed by atoms with Crippen LogP contribution in [0.2, 0.25) is 0 Å². The van der Waals surface area contributed by atoms with Crippen molar-refractivity contribution < 1.29 is 18.4 Å². The van der Waals surface area contributed by atoms with Crippen LogP contribution in [0.5, 0.6) is 5.75 Å². The predicted octanol–water partition coefficient (Wildman–Crippen LogP) is 4.51. The van der Waals surface area contributed by atoms with E-state index in [1.165, 1.54) is 12.1 Å². The number of para-hydroxylation sites is 2. The summed E-state index contributed by atoms with van der Waals surface area (Å²) in [5, 5.41) is 7.01. The van der Waals surface area contributed by atoms with Gasteiger partial charge in [-0.1, -0.05) is 17.3 Å². The lowest BCUT2D eigenvalue weighted by molar-refractivity contribution is -0.121. The Morgan fingerprint density at radius 3 is 2.62 bits per heavy atom. The minimum absolute atomic E-state index is 0.0147. The average Bonchev–Trinajstić information content (AvgIpc) is 3.24. The smallest absolute Gasteiger partial charge is 0.241 e. The van der Waals surface area contributed by atoms with E-state index in [0.717, 1.165) is 25.9 Å². The van der Waals surface area contributed by atoms with Crippen LogP contribution in [0.3, 0.4) is 0 Å². The number of hydrogen-bond donors (Lipinski definition) is 1. The van der Waals surface area contributed by atoms with Crippen molar-refractivity contribution in [1.82, 2.24) is 15.0 Å². The molecule has 4 rings (SSSR count). The molecule has 1 aromatic heterocycles. The lowest BCUT2D eigenvalue weighted by atomic mass is 9.96. The van der Waals surface area contributed by atoms with Crippen LogP contribution < -0.4 is 10.1 Å². The van der Waals surface area contributed by atoms with Crippen molar-refractivity contribution in [2.45, 2.75) is 39.3 Å². The number of anilines is 1. The molecule has 0 spiro atoms. The number of aromatic nitrogens is 2. The third-order valence-corrected chi connectivity index (χ3v) is 5.40. The van der Waals surface area contributed by atoms with E-state index < -0.39 is 0 Å². The van der Waals surface area contributed by atoms with Gasteiger partial charge in [0.15, 0.2) is 0 Å². The number of likely N-dealkylation sites (tertiary alicyclic amines) is 1. The molecule has 8 heteroatoms. The molecule has 1 fully saturated rings. The first-order valence-corrected chi connectivity index (χ1v) is 10.9. The summed E-state index contributed by atoms with van der Waals surface area (Å²) in [6, 6.07) is 13.5. The number of halogens is 1. The molecule has 0 aliphatic carbocycles. The van der Waals surface area contributed by atoms with Crippen molar-refractivity contribution in [3.8, 4) is 17.1 Å². The molecule has 1 saturated heterocycles. The van der Waals surface area contributed by atoms with Gasteiger partial charge in [0.05, 0.1) is 18.3 Å². The van der Waals surface area contributed by atoms with Gasteiger partial charge in [0.25, 0.3) is 0 Å². The zero-order valence-electron chi connectivity index (χ0n) is 18.3. The quantitative estimate of drug-likeness (QED) is 0.585. The summed E-state index contributed by atoms with van der Waals surface area (Å²) >= 11 is 0. The first-order valence-electron chi connectivity index (χ1n) is 10.9. The Morgan fingerprint density at radius 1 is 1.19 bits per heavy atom. The van der Waals surface area contributed by atoms with Crippen molar-refractivity contribution in [2.24, 2.45) is 5.92 Å². The molecule has 0 unspecified atom stereocenters. The Bertz CT molecular complexity index is 1040. The van der Waals surface area contributed by atoms with Gasteiger partial charge in [-0.2, -0.15) is 4.98 Å². The maximum absolute atomic E-state index is 13.1. The lowest BCUT2D eigenvalue weighted by Gasteiger charge is -2.30. The van der Waals surface area contributed by atoms with Gasteiger partial charge >= 0.3 is 0 Å². The third-order valence-electron chi connectivity index (χ3n) is 5.40. The largest absolute Gasteiger partial charge is 0.489 e. The van der Waals surface area contributed by atoms with Gasteiger partial charge in [-0.05, 0) is 76.2 Å². The standard InChI is InChI=1S/C24H27FN4O3/c1-16(2)31-21-6-4-3-5-20(21)26-24(30)18-11-13-29(14-12-18)15-22-27-23(28-32-22)17-7-9-19(25)10-8-17/h3-10,16,18H,11-15H2,1-2H3,(H,26,30). The zero-order valence-corrected chi connectivity index (χ0v) is 18.3. The van der Waals surface area contributed by atoms with Gasteiger partial charge in [-0.3, -0.25) is 9.69 Å². The van der Waals surface area contributed by atoms with Crippen LogP contribution in [-0.4, -0.2) is 40.1 Å². The third kappa shape index (κ3) is 5.50. The van der Waals surface area contributed by atoms with Crippen molar-refractivity contribution in [3.05, 3.63) is 60.2 Å². The van der Waals surface area contributed by atoms with Crippen molar-refractivity contribution >= 4 is 11.6 Å². The second kappa shape index (κ2) is 9.91. The van der Waals surface area contributed by atoms with Crippen LogP contribution in [0, 0.1) is 11.7 Å². The summed E-state index contributed by atoms with van der Waals surface area (Å²) in [6.07, 6.45) is 1.53. The highest BCUT2D eigenvalue weighted by molar-refractivity contribution is 5.94. The van der Waals surface area contributed by atoms with Crippen molar-refractivity contribution in [1.29, 1.82) is 0 Å². The SMILES string of the molecule is CC(C)Oc1ccccc1NC(=O)C1CCN(Cc2nc(-c3ccc(F)cc3)no2)CC1. The van der Waals surface area contributed by atoms with Gasteiger partial charge in [-0.25, -0.2) is 4.39 Å². The molecule has 1 amide bonds. The number of rotatable bonds is 7. The number of carbonyl (C=O) groups is 1. The van der Waals surface area contributed by atoms with E-state index in [1.54, 1.807) is 12.1 Å². The molecule has 0 atom stereocenters. The Kier molecular flexibility index (Phi) is 6.80. The summed E-state index contributed by atoms with van der Waals surface area (Å²) < 4.78 is 24.2. The number of ether oxygens (including phenoxy) is 1. The Labute approximate surface area is 186 Å². The summed E-state index contributed by atoms with van der Waals surface area (Å²) in [5.74, 6) is 1.28. The number of carbonyl (C=O) groups excluding carboxylic acids is 1. The van der Waals surface area contributed by atoms with E-state index in [-0.39, 0.29) is 23.7 Å². The molecule has 3 aromatic rings. The summed E-state index contributed by atoms with van der Waals surface area (Å²) in [6.45, 7) is 5.96. The van der Waals surface area contributed by atoms with Crippen LogP contribution in [0.25, 0.3) is 11.4 Å². The van der Waals surface area contributed by atoms with Gasteiger partial charge in [0.1, 0.15) is 11.6 Å². The molecule has 0 radical (unpaired) electrons. The molecule has 7 nitrogen and oxygen atoms in total. The normalized spacial score (nSPS) is 15.1. The Hall–Kier alpha value is -3.26. The predicted molar refractivity (Wildman–Crippen MR) is 119 cm³/mol.